The van der Waals surface area contributed by atoms with Gasteiger partial charge in [0, 0.05) is 13.6 Å². The smallest absolute Gasteiger partial charge is 0.273 e. The van der Waals surface area contributed by atoms with E-state index in [-0.39, 0.29) is 11.1 Å². The standard InChI is InChI=1S/C9H17N3O/c1-9(2,3)5-6-12-8(13)10-7-11(12)4/h7H,5-6H2,1-4H3. The molecule has 0 saturated carbocycles. The predicted molar refractivity (Wildman–Crippen MR) is 51.5 cm³/mol. The van der Waals surface area contributed by atoms with Crippen LogP contribution in [-0.4, -0.2) is 14.3 Å². The molecule has 4 nitrogen and oxygen atoms in total. The zero-order chi connectivity index (χ0) is 10.1. The Balaban J connectivity index is 2.70. The third kappa shape index (κ3) is 2.72. The zero-order valence-electron chi connectivity index (χ0n) is 8.74. The highest BCUT2D eigenvalue weighted by atomic mass is 16.2. The van der Waals surface area contributed by atoms with Crippen molar-refractivity contribution in [3.63, 3.8) is 0 Å². The number of aromatic nitrogens is 3. The van der Waals surface area contributed by atoms with Gasteiger partial charge in [-0.2, -0.15) is 4.98 Å². The van der Waals surface area contributed by atoms with E-state index in [2.05, 4.69) is 25.8 Å². The van der Waals surface area contributed by atoms with Gasteiger partial charge in [0.2, 0.25) is 0 Å². The molecule has 0 N–H and O–H groups in total. The van der Waals surface area contributed by atoms with Crippen molar-refractivity contribution in [1.29, 1.82) is 0 Å². The summed E-state index contributed by atoms with van der Waals surface area (Å²) in [6, 6.07) is 0. The lowest BCUT2D eigenvalue weighted by Gasteiger charge is -2.18. The van der Waals surface area contributed by atoms with Gasteiger partial charge in [0.05, 0.1) is 0 Å². The van der Waals surface area contributed by atoms with Crippen LogP contribution in [0.3, 0.4) is 0 Å². The molecule has 0 atom stereocenters. The van der Waals surface area contributed by atoms with Crippen LogP contribution in [0.2, 0.25) is 0 Å². The lowest BCUT2D eigenvalue weighted by Crippen LogP contribution is -2.24. The fraction of sp³-hybridized carbons (Fsp3) is 0.778. The predicted octanol–water partition coefficient (Wildman–Crippen LogP) is 1.02. The maximum Gasteiger partial charge on any atom is 0.363 e. The molecule has 1 rings (SSSR count). The van der Waals surface area contributed by atoms with Gasteiger partial charge in [-0.05, 0) is 11.8 Å². The summed E-state index contributed by atoms with van der Waals surface area (Å²) in [7, 11) is 1.83. The second kappa shape index (κ2) is 3.36. The molecule has 0 saturated heterocycles. The van der Waals surface area contributed by atoms with Crippen LogP contribution in [0.15, 0.2) is 11.1 Å². The Bertz CT molecular complexity index is 329. The molecule has 0 aliphatic carbocycles. The van der Waals surface area contributed by atoms with E-state index in [4.69, 9.17) is 0 Å². The minimum Gasteiger partial charge on any atom is -0.273 e. The van der Waals surface area contributed by atoms with Crippen molar-refractivity contribution in [3.05, 3.63) is 16.8 Å². The Kier molecular flexibility index (Phi) is 2.59. The average Bonchev–Trinajstić information content (AvgIpc) is 2.27. The third-order valence-electron chi connectivity index (χ3n) is 2.01. The van der Waals surface area contributed by atoms with Crippen molar-refractivity contribution < 1.29 is 0 Å². The molecule has 0 aliphatic heterocycles. The van der Waals surface area contributed by atoms with Crippen LogP contribution in [0.25, 0.3) is 0 Å². The van der Waals surface area contributed by atoms with Crippen LogP contribution in [0.1, 0.15) is 27.2 Å². The first-order valence-electron chi connectivity index (χ1n) is 4.48. The van der Waals surface area contributed by atoms with Gasteiger partial charge in [0.15, 0.2) is 0 Å². The normalized spacial score (nSPS) is 12.0. The van der Waals surface area contributed by atoms with E-state index < -0.39 is 0 Å². The minimum absolute atomic E-state index is 0.160. The Morgan fingerprint density at radius 3 is 2.46 bits per heavy atom. The second-order valence-corrected chi connectivity index (χ2v) is 4.53. The van der Waals surface area contributed by atoms with E-state index in [0.717, 1.165) is 13.0 Å². The van der Waals surface area contributed by atoms with Crippen molar-refractivity contribution in [2.75, 3.05) is 0 Å². The number of hydrogen-bond donors (Lipinski definition) is 0. The van der Waals surface area contributed by atoms with Gasteiger partial charge in [-0.3, -0.25) is 4.68 Å². The van der Waals surface area contributed by atoms with E-state index in [1.54, 1.807) is 15.7 Å². The average molecular weight is 183 g/mol. The van der Waals surface area contributed by atoms with Crippen LogP contribution in [0, 0.1) is 5.41 Å². The summed E-state index contributed by atoms with van der Waals surface area (Å²) in [5, 5.41) is 0. The number of aryl methyl sites for hydroxylation is 1. The lowest BCUT2D eigenvalue weighted by atomic mass is 9.92. The summed E-state index contributed by atoms with van der Waals surface area (Å²) in [6.07, 6.45) is 2.53. The quantitative estimate of drug-likeness (QED) is 0.686. The summed E-state index contributed by atoms with van der Waals surface area (Å²) in [4.78, 5) is 14.9. The highest BCUT2D eigenvalue weighted by molar-refractivity contribution is 4.67. The Morgan fingerprint density at radius 1 is 1.46 bits per heavy atom. The molecule has 0 radical (unpaired) electrons. The number of rotatable bonds is 2. The highest BCUT2D eigenvalue weighted by Gasteiger charge is 2.11. The number of nitrogens with zero attached hydrogens (tertiary/aromatic N) is 3. The molecule has 1 heterocycles. The molecule has 1 aromatic heterocycles. The van der Waals surface area contributed by atoms with Crippen molar-refractivity contribution in [2.45, 2.75) is 33.7 Å². The molecular formula is C9H17N3O. The first-order valence-corrected chi connectivity index (χ1v) is 4.48. The van der Waals surface area contributed by atoms with Crippen molar-refractivity contribution >= 4 is 0 Å². The van der Waals surface area contributed by atoms with Crippen molar-refractivity contribution in [2.24, 2.45) is 12.5 Å². The first-order chi connectivity index (χ1) is 5.90. The largest absolute Gasteiger partial charge is 0.363 e. The van der Waals surface area contributed by atoms with Crippen molar-refractivity contribution in [1.82, 2.24) is 14.3 Å². The summed E-state index contributed by atoms with van der Waals surface area (Å²) in [5.41, 5.74) is 0.0933. The van der Waals surface area contributed by atoms with Gasteiger partial charge in [-0.15, -0.1) is 0 Å². The Hall–Kier alpha value is -1.06. The van der Waals surface area contributed by atoms with Gasteiger partial charge in [-0.1, -0.05) is 20.8 Å². The summed E-state index contributed by atoms with van der Waals surface area (Å²) < 4.78 is 3.37. The maximum absolute atomic E-state index is 11.2. The van der Waals surface area contributed by atoms with Crippen LogP contribution >= 0.6 is 0 Å². The van der Waals surface area contributed by atoms with Gasteiger partial charge in [0.25, 0.3) is 0 Å². The molecule has 0 bridgehead atoms. The molecule has 0 fully saturated rings. The molecule has 13 heavy (non-hydrogen) atoms. The monoisotopic (exact) mass is 183 g/mol. The Morgan fingerprint density at radius 2 is 2.08 bits per heavy atom. The molecule has 0 amide bonds. The van der Waals surface area contributed by atoms with Gasteiger partial charge < -0.3 is 0 Å². The maximum atomic E-state index is 11.2. The third-order valence-corrected chi connectivity index (χ3v) is 2.01. The van der Waals surface area contributed by atoms with Crippen LogP contribution < -0.4 is 5.69 Å². The fourth-order valence-corrected chi connectivity index (χ4v) is 1.09. The Labute approximate surface area is 78.2 Å². The molecule has 74 valence electrons. The van der Waals surface area contributed by atoms with Crippen LogP contribution in [0.4, 0.5) is 0 Å². The topological polar surface area (TPSA) is 39.8 Å². The van der Waals surface area contributed by atoms with E-state index >= 15 is 0 Å². The minimum atomic E-state index is -0.160. The molecular weight excluding hydrogens is 166 g/mol. The summed E-state index contributed by atoms with van der Waals surface area (Å²) in [6.45, 7) is 7.22. The molecule has 1 aromatic rings. The SMILES string of the molecule is Cn1cnc(=O)n1CCC(C)(C)C. The first kappa shape index (κ1) is 10.0. The fourth-order valence-electron chi connectivity index (χ4n) is 1.09. The van der Waals surface area contributed by atoms with E-state index in [9.17, 15) is 4.79 Å². The van der Waals surface area contributed by atoms with E-state index in [1.807, 2.05) is 7.05 Å². The summed E-state index contributed by atoms with van der Waals surface area (Å²) in [5.74, 6) is 0. The molecule has 0 aliphatic rings. The summed E-state index contributed by atoms with van der Waals surface area (Å²) >= 11 is 0. The number of hydrogen-bond acceptors (Lipinski definition) is 2. The van der Waals surface area contributed by atoms with Crippen LogP contribution in [0.5, 0.6) is 0 Å². The lowest BCUT2D eigenvalue weighted by molar-refractivity contribution is 0.324. The zero-order valence-corrected chi connectivity index (χ0v) is 8.74. The van der Waals surface area contributed by atoms with Crippen LogP contribution in [-0.2, 0) is 13.6 Å². The second-order valence-electron chi connectivity index (χ2n) is 4.53. The van der Waals surface area contributed by atoms with Gasteiger partial charge >= 0.3 is 5.69 Å². The molecule has 0 unspecified atom stereocenters. The molecule has 0 aromatic carbocycles. The van der Waals surface area contributed by atoms with Gasteiger partial charge in [0.1, 0.15) is 6.33 Å². The highest BCUT2D eigenvalue weighted by Crippen LogP contribution is 2.18. The van der Waals surface area contributed by atoms with Crippen molar-refractivity contribution in [3.8, 4) is 0 Å². The van der Waals surface area contributed by atoms with E-state index in [1.165, 1.54) is 0 Å². The van der Waals surface area contributed by atoms with Gasteiger partial charge in [-0.25, -0.2) is 9.48 Å². The van der Waals surface area contributed by atoms with E-state index in [0.29, 0.717) is 0 Å². The molecule has 0 spiro atoms. The molecule has 4 heteroatoms.